The Hall–Kier alpha value is -1.71. The van der Waals surface area contributed by atoms with Crippen LogP contribution < -0.4 is 5.73 Å². The number of aromatic carboxylic acids is 1. The lowest BCUT2D eigenvalue weighted by molar-refractivity contribution is 0.0702. The lowest BCUT2D eigenvalue weighted by atomic mass is 10.3. The van der Waals surface area contributed by atoms with Gasteiger partial charge in [0.05, 0.1) is 0 Å². The van der Waals surface area contributed by atoms with Crippen molar-refractivity contribution in [1.29, 1.82) is 0 Å². The van der Waals surface area contributed by atoms with Gasteiger partial charge in [0.15, 0.2) is 11.0 Å². The van der Waals surface area contributed by atoms with Gasteiger partial charge in [-0.05, 0) is 6.04 Å². The predicted octanol–water partition coefficient (Wildman–Crippen LogP) is 2.60. The molecular weight excluding hydrogens is 320 g/mol. The minimum Gasteiger partial charge on any atom is -0.477 e. The normalized spacial score (nSPS) is 11.8. The summed E-state index contributed by atoms with van der Waals surface area (Å²) in [7, 11) is -1.13. The van der Waals surface area contributed by atoms with Gasteiger partial charge in [0.1, 0.15) is 17.3 Å². The van der Waals surface area contributed by atoms with Crippen LogP contribution in [0.1, 0.15) is 9.67 Å². The zero-order valence-corrected chi connectivity index (χ0v) is 14.7. The Balaban J connectivity index is 2.11. The zero-order chi connectivity index (χ0) is 16.3. The summed E-state index contributed by atoms with van der Waals surface area (Å²) in [5, 5.41) is 9.43. The molecule has 3 N–H and O–H groups in total. The molecule has 22 heavy (non-hydrogen) atoms. The zero-order valence-electron chi connectivity index (χ0n) is 12.9. The predicted molar refractivity (Wildman–Crippen MR) is 88.8 cm³/mol. The van der Waals surface area contributed by atoms with Crippen molar-refractivity contribution in [2.24, 2.45) is 0 Å². The molecule has 0 aliphatic heterocycles. The lowest BCUT2D eigenvalue weighted by Crippen LogP contribution is -2.22. The maximum Gasteiger partial charge on any atom is 0.348 e. The Morgan fingerprint density at radius 2 is 2.23 bits per heavy atom. The van der Waals surface area contributed by atoms with Gasteiger partial charge in [0.2, 0.25) is 0 Å². The molecule has 0 atom stereocenters. The van der Waals surface area contributed by atoms with Gasteiger partial charge in [-0.25, -0.2) is 14.8 Å². The minimum atomic E-state index is -1.13. The smallest absolute Gasteiger partial charge is 0.348 e. The van der Waals surface area contributed by atoms with Crippen LogP contribution in [0.3, 0.4) is 0 Å². The van der Waals surface area contributed by atoms with Crippen LogP contribution in [-0.4, -0.2) is 40.3 Å². The van der Waals surface area contributed by atoms with Crippen LogP contribution in [0.15, 0.2) is 12.4 Å². The summed E-state index contributed by atoms with van der Waals surface area (Å²) in [6.45, 7) is 7.86. The van der Waals surface area contributed by atoms with E-state index in [4.69, 9.17) is 10.5 Å². The molecule has 0 fully saturated rings. The van der Waals surface area contributed by atoms with E-state index in [2.05, 4.69) is 29.6 Å². The number of nitrogen functional groups attached to an aromatic ring is 1. The van der Waals surface area contributed by atoms with Gasteiger partial charge in [0.25, 0.3) is 0 Å². The van der Waals surface area contributed by atoms with Crippen molar-refractivity contribution in [3.63, 3.8) is 0 Å². The van der Waals surface area contributed by atoms with E-state index in [0.717, 1.165) is 17.4 Å². The average Bonchev–Trinajstić information content (AvgIpc) is 2.99. The second-order valence-corrected chi connectivity index (χ2v) is 12.8. The minimum absolute atomic E-state index is 0.0899. The number of hydrogen-bond acceptors (Lipinski definition) is 6. The highest BCUT2D eigenvalue weighted by molar-refractivity contribution is 7.17. The standard InChI is InChI=1S/C13H20N4O3SSi/c1-22(2,3)7-6-20-8-17-5-4-15-11(17)9-10(12(18)19)21-13(14)16-9/h4-5H,6-8H2,1-3H3,(H2,14,16)(H,18,19). The molecular formula is C13H20N4O3SSi. The van der Waals surface area contributed by atoms with Crippen molar-refractivity contribution >= 4 is 30.5 Å². The molecule has 0 spiro atoms. The largest absolute Gasteiger partial charge is 0.477 e. The molecule has 0 unspecified atom stereocenters. The Bertz CT molecular complexity index is 663. The van der Waals surface area contributed by atoms with Gasteiger partial charge in [-0.15, -0.1) is 0 Å². The summed E-state index contributed by atoms with van der Waals surface area (Å²) in [5.74, 6) is -0.600. The number of ether oxygens (including phenoxy) is 1. The SMILES string of the molecule is C[Si](C)(C)CCOCn1ccnc1-c1nc(N)sc1C(=O)O. The molecule has 0 saturated carbocycles. The Kier molecular flexibility index (Phi) is 4.99. The number of rotatable bonds is 7. The summed E-state index contributed by atoms with van der Waals surface area (Å²) in [4.78, 5) is 19.6. The molecule has 2 rings (SSSR count). The highest BCUT2D eigenvalue weighted by Gasteiger charge is 2.21. The van der Waals surface area contributed by atoms with Crippen LogP contribution in [-0.2, 0) is 11.5 Å². The number of carboxylic acid groups (broad SMARTS) is 1. The number of hydrogen-bond donors (Lipinski definition) is 2. The molecule has 120 valence electrons. The fourth-order valence-electron chi connectivity index (χ4n) is 1.80. The van der Waals surface area contributed by atoms with Gasteiger partial charge in [-0.1, -0.05) is 31.0 Å². The summed E-state index contributed by atoms with van der Waals surface area (Å²) in [5.41, 5.74) is 5.91. The van der Waals surface area contributed by atoms with Crippen molar-refractivity contribution in [1.82, 2.24) is 14.5 Å². The molecule has 0 saturated heterocycles. The van der Waals surface area contributed by atoms with Crippen molar-refractivity contribution < 1.29 is 14.6 Å². The average molecular weight is 340 g/mol. The number of nitrogens with two attached hydrogens (primary N) is 1. The maximum absolute atomic E-state index is 11.3. The molecule has 9 heteroatoms. The lowest BCUT2D eigenvalue weighted by Gasteiger charge is -2.15. The fraction of sp³-hybridized carbons (Fsp3) is 0.462. The summed E-state index contributed by atoms with van der Waals surface area (Å²) >= 11 is 0.940. The molecule has 0 aliphatic rings. The van der Waals surface area contributed by atoms with E-state index < -0.39 is 14.0 Å². The van der Waals surface area contributed by atoms with Crippen LogP contribution in [0, 0.1) is 0 Å². The number of nitrogens with zero attached hydrogens (tertiary/aromatic N) is 3. The molecule has 7 nitrogen and oxygen atoms in total. The van der Waals surface area contributed by atoms with E-state index in [1.807, 2.05) is 0 Å². The fourth-order valence-corrected chi connectivity index (χ4v) is 3.23. The van der Waals surface area contributed by atoms with E-state index >= 15 is 0 Å². The van der Waals surface area contributed by atoms with E-state index in [-0.39, 0.29) is 15.7 Å². The molecule has 0 radical (unpaired) electrons. The number of carbonyl (C=O) groups is 1. The Morgan fingerprint density at radius 1 is 1.50 bits per heavy atom. The molecule has 2 heterocycles. The maximum atomic E-state index is 11.3. The Morgan fingerprint density at radius 3 is 2.86 bits per heavy atom. The highest BCUT2D eigenvalue weighted by Crippen LogP contribution is 2.28. The number of anilines is 1. The van der Waals surface area contributed by atoms with Crippen LogP contribution in [0.4, 0.5) is 5.13 Å². The molecule has 2 aromatic heterocycles. The van der Waals surface area contributed by atoms with E-state index in [9.17, 15) is 9.90 Å². The van der Waals surface area contributed by atoms with Crippen molar-refractivity contribution in [3.05, 3.63) is 17.3 Å². The molecule has 0 aromatic carbocycles. The van der Waals surface area contributed by atoms with Crippen LogP contribution >= 0.6 is 11.3 Å². The van der Waals surface area contributed by atoms with Crippen LogP contribution in [0.5, 0.6) is 0 Å². The quantitative estimate of drug-likeness (QED) is 0.593. The van der Waals surface area contributed by atoms with E-state index in [1.165, 1.54) is 0 Å². The molecule has 0 bridgehead atoms. The first-order valence-corrected chi connectivity index (χ1v) is 11.4. The van der Waals surface area contributed by atoms with Crippen molar-refractivity contribution in [3.8, 4) is 11.5 Å². The molecule has 0 amide bonds. The van der Waals surface area contributed by atoms with Gasteiger partial charge < -0.3 is 20.1 Å². The number of thiazole rings is 1. The molecule has 0 aliphatic carbocycles. The number of carboxylic acids is 1. The van der Waals surface area contributed by atoms with Crippen LogP contribution in [0.2, 0.25) is 25.7 Å². The van der Waals surface area contributed by atoms with Gasteiger partial charge in [0, 0.05) is 27.1 Å². The first kappa shape index (κ1) is 16.7. The Labute approximate surface area is 133 Å². The first-order valence-electron chi connectivity index (χ1n) is 6.87. The van der Waals surface area contributed by atoms with Gasteiger partial charge in [-0.3, -0.25) is 0 Å². The first-order chi connectivity index (χ1) is 10.3. The second kappa shape index (κ2) is 6.59. The van der Waals surface area contributed by atoms with E-state index in [1.54, 1.807) is 17.0 Å². The second-order valence-electron chi connectivity index (χ2n) is 6.10. The van der Waals surface area contributed by atoms with Gasteiger partial charge in [-0.2, -0.15) is 0 Å². The third kappa shape index (κ3) is 4.15. The number of imidazole rings is 1. The third-order valence-corrected chi connectivity index (χ3v) is 5.57. The van der Waals surface area contributed by atoms with Gasteiger partial charge >= 0.3 is 5.97 Å². The van der Waals surface area contributed by atoms with Crippen LogP contribution in [0.25, 0.3) is 11.5 Å². The molecule has 2 aromatic rings. The number of aromatic nitrogens is 3. The van der Waals surface area contributed by atoms with Crippen molar-refractivity contribution in [2.75, 3.05) is 12.3 Å². The van der Waals surface area contributed by atoms with Crippen molar-refractivity contribution in [2.45, 2.75) is 32.4 Å². The summed E-state index contributed by atoms with van der Waals surface area (Å²) in [6, 6.07) is 1.07. The topological polar surface area (TPSA) is 103 Å². The summed E-state index contributed by atoms with van der Waals surface area (Å²) in [6.07, 6.45) is 3.34. The third-order valence-electron chi connectivity index (χ3n) is 2.99. The highest BCUT2D eigenvalue weighted by atomic mass is 32.1. The summed E-state index contributed by atoms with van der Waals surface area (Å²) < 4.78 is 7.42. The van der Waals surface area contributed by atoms with E-state index in [0.29, 0.717) is 19.2 Å². The monoisotopic (exact) mass is 340 g/mol.